The fraction of sp³-hybridized carbons (Fsp3) is 0.346. The first kappa shape index (κ1) is 23.0. The van der Waals surface area contributed by atoms with Crippen molar-refractivity contribution in [3.8, 4) is 5.75 Å². The molecule has 0 spiro atoms. The van der Waals surface area contributed by atoms with Crippen molar-refractivity contribution in [2.45, 2.75) is 45.3 Å². The van der Waals surface area contributed by atoms with Gasteiger partial charge in [0.05, 0.1) is 12.1 Å². The summed E-state index contributed by atoms with van der Waals surface area (Å²) in [5.41, 5.74) is 2.89. The molecule has 1 unspecified atom stereocenters. The molecule has 2 aromatic carbocycles. The third kappa shape index (κ3) is 6.65. The zero-order valence-electron chi connectivity index (χ0n) is 18.8. The molecule has 33 heavy (non-hydrogen) atoms. The maximum Gasteiger partial charge on any atom is 0.245 e. The van der Waals surface area contributed by atoms with E-state index in [1.165, 1.54) is 16.9 Å². The highest BCUT2D eigenvalue weighted by Crippen LogP contribution is 2.17. The maximum absolute atomic E-state index is 13.1. The SMILES string of the molecule is Cc1ccc(OCc2nc(CC(=O)NC(Cc3ccccc3)C(=O)N3CCCC3)cs2)cc1. The number of likely N-dealkylation sites (tertiary alicyclic amines) is 1. The highest BCUT2D eigenvalue weighted by molar-refractivity contribution is 7.09. The third-order valence-corrected chi connectivity index (χ3v) is 6.53. The zero-order chi connectivity index (χ0) is 23.0. The molecule has 1 saturated heterocycles. The van der Waals surface area contributed by atoms with E-state index in [2.05, 4.69) is 10.3 Å². The molecule has 6 nitrogen and oxygen atoms in total. The number of amides is 2. The minimum atomic E-state index is -0.569. The normalized spacial score (nSPS) is 14.2. The van der Waals surface area contributed by atoms with Crippen molar-refractivity contribution in [2.24, 2.45) is 0 Å². The highest BCUT2D eigenvalue weighted by Gasteiger charge is 2.28. The van der Waals surface area contributed by atoms with Gasteiger partial charge in [0.25, 0.3) is 0 Å². The Morgan fingerprint density at radius 3 is 2.55 bits per heavy atom. The molecule has 1 fully saturated rings. The summed E-state index contributed by atoms with van der Waals surface area (Å²) in [6.07, 6.45) is 2.65. The summed E-state index contributed by atoms with van der Waals surface area (Å²) in [7, 11) is 0. The molecular weight excluding hydrogens is 434 g/mol. The standard InChI is InChI=1S/C26H29N3O3S/c1-19-9-11-22(12-10-19)32-17-25-27-21(18-33-25)16-24(30)28-23(15-20-7-3-2-4-8-20)26(31)29-13-5-6-14-29/h2-4,7-12,18,23H,5-6,13-17H2,1H3,(H,28,30). The number of nitrogens with zero attached hydrogens (tertiary/aromatic N) is 2. The van der Waals surface area contributed by atoms with Crippen LogP contribution in [0, 0.1) is 6.92 Å². The van der Waals surface area contributed by atoms with Crippen molar-refractivity contribution in [1.82, 2.24) is 15.2 Å². The number of carbonyl (C=O) groups is 2. The van der Waals surface area contributed by atoms with Crippen LogP contribution in [0.5, 0.6) is 5.75 Å². The molecule has 0 aliphatic carbocycles. The van der Waals surface area contributed by atoms with Crippen LogP contribution in [-0.4, -0.2) is 40.8 Å². The lowest BCUT2D eigenvalue weighted by molar-refractivity contribution is -0.135. The van der Waals surface area contributed by atoms with Crippen LogP contribution in [0.4, 0.5) is 0 Å². The average molecular weight is 464 g/mol. The first-order chi connectivity index (χ1) is 16.1. The third-order valence-electron chi connectivity index (χ3n) is 5.66. The Bertz CT molecular complexity index is 1060. The Hall–Kier alpha value is -3.19. The van der Waals surface area contributed by atoms with Crippen molar-refractivity contribution < 1.29 is 14.3 Å². The summed E-state index contributed by atoms with van der Waals surface area (Å²) in [6.45, 7) is 3.91. The second-order valence-electron chi connectivity index (χ2n) is 8.35. The lowest BCUT2D eigenvalue weighted by atomic mass is 10.0. The number of benzene rings is 2. The smallest absolute Gasteiger partial charge is 0.245 e. The Morgan fingerprint density at radius 2 is 1.82 bits per heavy atom. The van der Waals surface area contributed by atoms with Gasteiger partial charge in [0.2, 0.25) is 11.8 Å². The fourth-order valence-electron chi connectivity index (χ4n) is 3.89. The van der Waals surface area contributed by atoms with Gasteiger partial charge in [-0.2, -0.15) is 0 Å². The molecule has 3 aromatic rings. The summed E-state index contributed by atoms with van der Waals surface area (Å²) in [5.74, 6) is 0.592. The van der Waals surface area contributed by atoms with Crippen LogP contribution in [0.2, 0.25) is 0 Å². The molecule has 0 saturated carbocycles. The average Bonchev–Trinajstić information content (AvgIpc) is 3.51. The molecule has 1 N–H and O–H groups in total. The van der Waals surface area contributed by atoms with E-state index in [1.807, 2.05) is 71.8 Å². The minimum absolute atomic E-state index is 0.00447. The van der Waals surface area contributed by atoms with Crippen LogP contribution in [0.15, 0.2) is 60.0 Å². The van der Waals surface area contributed by atoms with Gasteiger partial charge in [0.1, 0.15) is 23.4 Å². The van der Waals surface area contributed by atoms with Gasteiger partial charge >= 0.3 is 0 Å². The van der Waals surface area contributed by atoms with Crippen molar-refractivity contribution in [2.75, 3.05) is 13.1 Å². The topological polar surface area (TPSA) is 71.5 Å². The molecule has 1 aromatic heterocycles. The minimum Gasteiger partial charge on any atom is -0.486 e. The van der Waals surface area contributed by atoms with E-state index >= 15 is 0 Å². The van der Waals surface area contributed by atoms with Gasteiger partial charge in [-0.05, 0) is 37.5 Å². The van der Waals surface area contributed by atoms with E-state index in [0.717, 1.165) is 42.3 Å². The van der Waals surface area contributed by atoms with Crippen molar-refractivity contribution >= 4 is 23.2 Å². The van der Waals surface area contributed by atoms with Gasteiger partial charge in [0.15, 0.2) is 0 Å². The van der Waals surface area contributed by atoms with Crippen LogP contribution in [0.1, 0.15) is 34.7 Å². The first-order valence-corrected chi connectivity index (χ1v) is 12.2. The number of nitrogens with one attached hydrogen (secondary N) is 1. The van der Waals surface area contributed by atoms with Crippen LogP contribution in [0.25, 0.3) is 0 Å². The van der Waals surface area contributed by atoms with Crippen molar-refractivity contribution in [1.29, 1.82) is 0 Å². The quantitative estimate of drug-likeness (QED) is 0.522. The van der Waals surface area contributed by atoms with Gasteiger partial charge < -0.3 is 15.0 Å². The van der Waals surface area contributed by atoms with Gasteiger partial charge in [-0.25, -0.2) is 4.98 Å². The summed E-state index contributed by atoms with van der Waals surface area (Å²) >= 11 is 1.47. The molecule has 4 rings (SSSR count). The fourth-order valence-corrected chi connectivity index (χ4v) is 4.60. The molecule has 2 amide bonds. The van der Waals surface area contributed by atoms with E-state index in [9.17, 15) is 9.59 Å². The van der Waals surface area contributed by atoms with E-state index in [-0.39, 0.29) is 18.2 Å². The Kier molecular flexibility index (Phi) is 7.73. The zero-order valence-corrected chi connectivity index (χ0v) is 19.6. The number of thiazole rings is 1. The Morgan fingerprint density at radius 1 is 1.09 bits per heavy atom. The van der Waals surface area contributed by atoms with E-state index in [4.69, 9.17) is 4.74 Å². The second-order valence-corrected chi connectivity index (χ2v) is 9.30. The molecule has 7 heteroatoms. The number of hydrogen-bond donors (Lipinski definition) is 1. The number of hydrogen-bond acceptors (Lipinski definition) is 5. The summed E-state index contributed by atoms with van der Waals surface area (Å²) < 4.78 is 5.78. The molecule has 1 aliphatic rings. The second kappa shape index (κ2) is 11.1. The summed E-state index contributed by atoms with van der Waals surface area (Å²) in [5, 5.41) is 5.66. The van der Waals surface area contributed by atoms with E-state index < -0.39 is 6.04 Å². The Labute approximate surface area is 198 Å². The molecule has 1 aliphatic heterocycles. The lowest BCUT2D eigenvalue weighted by Gasteiger charge is -2.24. The first-order valence-electron chi connectivity index (χ1n) is 11.3. The molecule has 172 valence electrons. The number of carbonyl (C=O) groups excluding carboxylic acids is 2. The summed E-state index contributed by atoms with van der Waals surface area (Å²) in [6, 6.07) is 17.1. The molecule has 1 atom stereocenters. The van der Waals surface area contributed by atoms with Crippen molar-refractivity contribution in [3.63, 3.8) is 0 Å². The van der Waals surface area contributed by atoms with Gasteiger partial charge in [-0.1, -0.05) is 48.0 Å². The van der Waals surface area contributed by atoms with Crippen LogP contribution in [-0.2, 0) is 29.0 Å². The molecular formula is C26H29N3O3S. The molecule has 0 radical (unpaired) electrons. The van der Waals surface area contributed by atoms with Crippen LogP contribution >= 0.6 is 11.3 Å². The van der Waals surface area contributed by atoms with Crippen LogP contribution in [0.3, 0.4) is 0 Å². The number of ether oxygens (including phenoxy) is 1. The largest absolute Gasteiger partial charge is 0.486 e. The van der Waals surface area contributed by atoms with Crippen LogP contribution < -0.4 is 10.1 Å². The highest BCUT2D eigenvalue weighted by atomic mass is 32.1. The Balaban J connectivity index is 1.34. The van der Waals surface area contributed by atoms with Gasteiger partial charge in [0, 0.05) is 24.9 Å². The molecule has 2 heterocycles. The predicted molar refractivity (Wildman–Crippen MR) is 129 cm³/mol. The number of rotatable bonds is 9. The van der Waals surface area contributed by atoms with Gasteiger partial charge in [-0.15, -0.1) is 11.3 Å². The monoisotopic (exact) mass is 463 g/mol. The van der Waals surface area contributed by atoms with Gasteiger partial charge in [-0.3, -0.25) is 9.59 Å². The molecule has 0 bridgehead atoms. The maximum atomic E-state index is 13.1. The lowest BCUT2D eigenvalue weighted by Crippen LogP contribution is -2.49. The summed E-state index contributed by atoms with van der Waals surface area (Å²) in [4.78, 5) is 32.3. The number of aryl methyl sites for hydroxylation is 1. The van der Waals surface area contributed by atoms with E-state index in [0.29, 0.717) is 18.7 Å². The number of aromatic nitrogens is 1. The predicted octanol–water partition coefficient (Wildman–Crippen LogP) is 3.92. The van der Waals surface area contributed by atoms with Crippen molar-refractivity contribution in [3.05, 3.63) is 81.8 Å². The van der Waals surface area contributed by atoms with E-state index in [1.54, 1.807) is 0 Å².